The molecule has 18 heavy (non-hydrogen) atoms. The molecule has 0 aliphatic carbocycles. The number of rotatable bonds is 3. The fourth-order valence-corrected chi connectivity index (χ4v) is 2.18. The molecule has 1 heterocycles. The van der Waals surface area contributed by atoms with Gasteiger partial charge in [-0.25, -0.2) is 0 Å². The molecule has 0 aromatic heterocycles. The van der Waals surface area contributed by atoms with Crippen molar-refractivity contribution in [3.63, 3.8) is 0 Å². The minimum absolute atomic E-state index is 0.0754. The molecule has 1 amide bonds. The van der Waals surface area contributed by atoms with Crippen LogP contribution in [0.15, 0.2) is 18.2 Å². The Morgan fingerprint density at radius 1 is 1.50 bits per heavy atom. The Bertz CT molecular complexity index is 499. The third-order valence-electron chi connectivity index (χ3n) is 3.28. The van der Waals surface area contributed by atoms with Gasteiger partial charge in [-0.15, -0.1) is 0 Å². The van der Waals surface area contributed by atoms with E-state index < -0.39 is 12.0 Å². The normalized spacial score (nSPS) is 16.3. The van der Waals surface area contributed by atoms with Crippen LogP contribution >= 0.6 is 0 Å². The summed E-state index contributed by atoms with van der Waals surface area (Å²) in [5.74, 6) is -0.851. The lowest BCUT2D eigenvalue weighted by molar-refractivity contribution is -0.137. The lowest BCUT2D eigenvalue weighted by atomic mass is 9.96. The molecule has 0 bridgehead atoms. The summed E-state index contributed by atoms with van der Waals surface area (Å²) in [4.78, 5) is 23.9. The number of aryl methyl sites for hydroxylation is 1. The third kappa shape index (κ3) is 2.36. The first kappa shape index (κ1) is 12.6. The van der Waals surface area contributed by atoms with E-state index in [2.05, 4.69) is 0 Å². The van der Waals surface area contributed by atoms with Crippen molar-refractivity contribution in [1.82, 2.24) is 0 Å². The topological polar surface area (TPSA) is 83.6 Å². The van der Waals surface area contributed by atoms with E-state index in [9.17, 15) is 9.59 Å². The van der Waals surface area contributed by atoms with Gasteiger partial charge in [0.05, 0.1) is 6.42 Å². The van der Waals surface area contributed by atoms with Gasteiger partial charge >= 0.3 is 5.97 Å². The third-order valence-corrected chi connectivity index (χ3v) is 3.28. The molecular formula is C13H16N2O3. The molecule has 3 N–H and O–H groups in total. The molecule has 1 aromatic carbocycles. The van der Waals surface area contributed by atoms with E-state index in [1.54, 1.807) is 11.9 Å². The zero-order valence-electron chi connectivity index (χ0n) is 10.2. The molecule has 0 fully saturated rings. The number of carbonyl (C=O) groups is 2. The second-order valence-electron chi connectivity index (χ2n) is 4.55. The number of carboxylic acids is 1. The van der Waals surface area contributed by atoms with Crippen LogP contribution in [0.5, 0.6) is 0 Å². The lowest BCUT2D eigenvalue weighted by Crippen LogP contribution is -2.31. The van der Waals surface area contributed by atoms with Crippen molar-refractivity contribution in [3.05, 3.63) is 29.3 Å². The average Bonchev–Trinajstić information content (AvgIpc) is 2.33. The fraction of sp³-hybridized carbons (Fsp3) is 0.385. The van der Waals surface area contributed by atoms with Gasteiger partial charge in [-0.2, -0.15) is 0 Å². The van der Waals surface area contributed by atoms with Gasteiger partial charge < -0.3 is 15.7 Å². The number of hydrogen-bond donors (Lipinski definition) is 2. The number of benzene rings is 1. The Hall–Kier alpha value is -1.88. The van der Waals surface area contributed by atoms with Crippen molar-refractivity contribution in [3.8, 4) is 0 Å². The number of anilines is 1. The van der Waals surface area contributed by atoms with Crippen molar-refractivity contribution in [1.29, 1.82) is 0 Å². The van der Waals surface area contributed by atoms with Crippen LogP contribution < -0.4 is 10.6 Å². The molecule has 1 unspecified atom stereocenters. The molecule has 1 atom stereocenters. The van der Waals surface area contributed by atoms with E-state index in [0.717, 1.165) is 23.2 Å². The van der Waals surface area contributed by atoms with Crippen LogP contribution in [0.3, 0.4) is 0 Å². The van der Waals surface area contributed by atoms with E-state index in [1.807, 2.05) is 18.2 Å². The van der Waals surface area contributed by atoms with Crippen LogP contribution in [-0.4, -0.2) is 24.0 Å². The molecule has 2 rings (SSSR count). The Labute approximate surface area is 105 Å². The maximum absolute atomic E-state index is 11.6. The second kappa shape index (κ2) is 4.78. The zero-order valence-corrected chi connectivity index (χ0v) is 10.2. The summed E-state index contributed by atoms with van der Waals surface area (Å²) in [6.45, 7) is 0. The van der Waals surface area contributed by atoms with Crippen LogP contribution in [-0.2, 0) is 16.0 Å². The summed E-state index contributed by atoms with van der Waals surface area (Å²) >= 11 is 0. The lowest BCUT2D eigenvalue weighted by Gasteiger charge is -2.27. The Morgan fingerprint density at radius 3 is 2.89 bits per heavy atom. The maximum atomic E-state index is 11.6. The van der Waals surface area contributed by atoms with Crippen LogP contribution in [0, 0.1) is 0 Å². The molecular weight excluding hydrogens is 232 g/mol. The summed E-state index contributed by atoms with van der Waals surface area (Å²) in [6, 6.07) is 5.05. The molecule has 5 nitrogen and oxygen atoms in total. The van der Waals surface area contributed by atoms with Crippen LogP contribution in [0.4, 0.5) is 5.69 Å². The SMILES string of the molecule is CN1C(=O)CCc2ccc(C(N)CC(=O)O)cc21. The van der Waals surface area contributed by atoms with Crippen LogP contribution in [0.2, 0.25) is 0 Å². The summed E-state index contributed by atoms with van der Waals surface area (Å²) in [6.07, 6.45) is 1.13. The highest BCUT2D eigenvalue weighted by atomic mass is 16.4. The van der Waals surface area contributed by atoms with E-state index in [-0.39, 0.29) is 12.3 Å². The maximum Gasteiger partial charge on any atom is 0.305 e. The minimum atomic E-state index is -0.926. The summed E-state index contributed by atoms with van der Waals surface area (Å²) in [5, 5.41) is 8.73. The quantitative estimate of drug-likeness (QED) is 0.838. The molecule has 0 spiro atoms. The van der Waals surface area contributed by atoms with E-state index >= 15 is 0 Å². The molecule has 96 valence electrons. The largest absolute Gasteiger partial charge is 0.481 e. The van der Waals surface area contributed by atoms with Gasteiger partial charge in [0.2, 0.25) is 5.91 Å². The average molecular weight is 248 g/mol. The number of fused-ring (bicyclic) bond motifs is 1. The molecule has 0 radical (unpaired) electrons. The number of nitrogens with two attached hydrogens (primary N) is 1. The van der Waals surface area contributed by atoms with Gasteiger partial charge in [-0.05, 0) is 23.6 Å². The predicted molar refractivity (Wildman–Crippen MR) is 67.4 cm³/mol. The van der Waals surface area contributed by atoms with Crippen LogP contribution in [0.1, 0.15) is 30.0 Å². The molecule has 0 saturated carbocycles. The first-order chi connectivity index (χ1) is 8.49. The van der Waals surface area contributed by atoms with Crippen molar-refractivity contribution in [2.45, 2.75) is 25.3 Å². The highest BCUT2D eigenvalue weighted by molar-refractivity contribution is 5.96. The standard InChI is InChI=1S/C13H16N2O3/c1-15-11-6-9(10(14)7-13(17)18)3-2-8(11)4-5-12(15)16/h2-3,6,10H,4-5,7,14H2,1H3,(H,17,18). The smallest absolute Gasteiger partial charge is 0.305 e. The number of hydrogen-bond acceptors (Lipinski definition) is 3. The Morgan fingerprint density at radius 2 is 2.22 bits per heavy atom. The predicted octanol–water partition coefficient (Wildman–Crippen LogP) is 1.07. The number of nitrogens with zero attached hydrogens (tertiary/aromatic N) is 1. The van der Waals surface area contributed by atoms with Gasteiger partial charge in [0, 0.05) is 25.2 Å². The van der Waals surface area contributed by atoms with Crippen molar-refractivity contribution >= 4 is 17.6 Å². The summed E-state index contributed by atoms with van der Waals surface area (Å²) in [5.41, 5.74) is 8.51. The molecule has 1 aliphatic heterocycles. The number of amides is 1. The fourth-order valence-electron chi connectivity index (χ4n) is 2.18. The summed E-state index contributed by atoms with van der Waals surface area (Å²) < 4.78 is 0. The number of carbonyl (C=O) groups excluding carboxylic acids is 1. The first-order valence-corrected chi connectivity index (χ1v) is 5.86. The van der Waals surface area contributed by atoms with Crippen LogP contribution in [0.25, 0.3) is 0 Å². The highest BCUT2D eigenvalue weighted by Crippen LogP contribution is 2.29. The zero-order chi connectivity index (χ0) is 13.3. The molecule has 5 heteroatoms. The van der Waals surface area contributed by atoms with Gasteiger partial charge in [-0.1, -0.05) is 12.1 Å². The van der Waals surface area contributed by atoms with Gasteiger partial charge in [0.25, 0.3) is 0 Å². The van der Waals surface area contributed by atoms with Gasteiger partial charge in [0.15, 0.2) is 0 Å². The number of aliphatic carboxylic acids is 1. The van der Waals surface area contributed by atoms with E-state index in [4.69, 9.17) is 10.8 Å². The van der Waals surface area contributed by atoms with E-state index in [0.29, 0.717) is 6.42 Å². The number of carboxylic acid groups (broad SMARTS) is 1. The Balaban J connectivity index is 2.31. The van der Waals surface area contributed by atoms with Gasteiger partial charge in [0.1, 0.15) is 0 Å². The first-order valence-electron chi connectivity index (χ1n) is 5.86. The Kier molecular flexibility index (Phi) is 3.34. The molecule has 0 saturated heterocycles. The van der Waals surface area contributed by atoms with Crippen molar-refractivity contribution in [2.24, 2.45) is 5.73 Å². The highest BCUT2D eigenvalue weighted by Gasteiger charge is 2.22. The van der Waals surface area contributed by atoms with Crippen molar-refractivity contribution < 1.29 is 14.7 Å². The monoisotopic (exact) mass is 248 g/mol. The summed E-state index contributed by atoms with van der Waals surface area (Å²) in [7, 11) is 1.73. The molecule has 1 aliphatic rings. The minimum Gasteiger partial charge on any atom is -0.481 e. The van der Waals surface area contributed by atoms with E-state index in [1.165, 1.54) is 0 Å². The van der Waals surface area contributed by atoms with Crippen molar-refractivity contribution in [2.75, 3.05) is 11.9 Å². The second-order valence-corrected chi connectivity index (χ2v) is 4.55. The van der Waals surface area contributed by atoms with Gasteiger partial charge in [-0.3, -0.25) is 9.59 Å². The molecule has 1 aromatic rings.